The smallest absolute Gasteiger partial charge is 0.301 e. The van der Waals surface area contributed by atoms with Crippen LogP contribution in [0.5, 0.6) is 0 Å². The van der Waals surface area contributed by atoms with Gasteiger partial charge in [-0.3, -0.25) is 4.72 Å². The number of nitrogens with zero attached hydrogens (tertiary/aromatic N) is 3. The van der Waals surface area contributed by atoms with Crippen LogP contribution in [0, 0.1) is 0 Å². The summed E-state index contributed by atoms with van der Waals surface area (Å²) in [5.74, 6) is 0. The van der Waals surface area contributed by atoms with Gasteiger partial charge in [0.1, 0.15) is 0 Å². The van der Waals surface area contributed by atoms with Crippen LogP contribution >= 0.6 is 0 Å². The molecule has 1 fully saturated rings. The van der Waals surface area contributed by atoms with Gasteiger partial charge < -0.3 is 4.90 Å². The molecule has 10 heteroatoms. The average Bonchev–Trinajstić information content (AvgIpc) is 3.14. The molecule has 1 saturated heterocycles. The molecule has 27 heavy (non-hydrogen) atoms. The van der Waals surface area contributed by atoms with E-state index in [-0.39, 0.29) is 4.90 Å². The van der Waals surface area contributed by atoms with Gasteiger partial charge in [-0.2, -0.15) is 12.7 Å². The van der Waals surface area contributed by atoms with E-state index in [1.54, 1.807) is 7.05 Å². The Morgan fingerprint density at radius 3 is 2.11 bits per heavy atom. The lowest BCUT2D eigenvalue weighted by Gasteiger charge is -2.26. The third-order valence-corrected chi connectivity index (χ3v) is 8.24. The number of hydrogen-bond donors (Lipinski definition) is 1. The molecular weight excluding hydrogens is 388 g/mol. The second-order valence-electron chi connectivity index (χ2n) is 7.12. The van der Waals surface area contributed by atoms with E-state index in [2.05, 4.69) is 16.5 Å². The Kier molecular flexibility index (Phi) is 7.26. The second-order valence-corrected chi connectivity index (χ2v) is 11.1. The van der Waals surface area contributed by atoms with Gasteiger partial charge in [0.15, 0.2) is 0 Å². The van der Waals surface area contributed by atoms with Crippen LogP contribution in [0.15, 0.2) is 29.2 Å². The number of rotatable bonds is 9. The fourth-order valence-corrected chi connectivity index (χ4v) is 4.77. The molecule has 1 aromatic carbocycles. The van der Waals surface area contributed by atoms with Crippen LogP contribution in [0.1, 0.15) is 26.2 Å². The van der Waals surface area contributed by atoms with Gasteiger partial charge in [-0.15, -0.1) is 0 Å². The van der Waals surface area contributed by atoms with E-state index < -0.39 is 20.2 Å². The molecule has 1 N–H and O–H groups in total. The largest absolute Gasteiger partial charge is 0.301 e. The van der Waals surface area contributed by atoms with Crippen LogP contribution in [-0.2, 0) is 20.2 Å². The topological polar surface area (TPSA) is 90.0 Å². The lowest BCUT2D eigenvalue weighted by atomic mass is 10.2. The third-order valence-electron chi connectivity index (χ3n) is 4.92. The molecule has 0 aromatic heterocycles. The van der Waals surface area contributed by atoms with Crippen molar-refractivity contribution < 1.29 is 16.8 Å². The van der Waals surface area contributed by atoms with Gasteiger partial charge in [0.2, 0.25) is 10.0 Å². The Bertz CT molecular complexity index is 817. The molecule has 1 aliphatic rings. The predicted octanol–water partition coefficient (Wildman–Crippen LogP) is 1.40. The maximum absolute atomic E-state index is 12.7. The van der Waals surface area contributed by atoms with Crippen molar-refractivity contribution in [1.29, 1.82) is 0 Å². The van der Waals surface area contributed by atoms with Crippen LogP contribution in [0.4, 0.5) is 5.69 Å². The molecule has 0 bridgehead atoms. The van der Waals surface area contributed by atoms with Gasteiger partial charge in [0.05, 0.1) is 4.90 Å². The summed E-state index contributed by atoms with van der Waals surface area (Å²) in [6.45, 7) is 4.75. The number of likely N-dealkylation sites (tertiary alicyclic amines) is 1. The van der Waals surface area contributed by atoms with Crippen LogP contribution < -0.4 is 4.72 Å². The minimum Gasteiger partial charge on any atom is -0.301 e. The summed E-state index contributed by atoms with van der Waals surface area (Å²) in [4.78, 5) is 2.54. The van der Waals surface area contributed by atoms with Gasteiger partial charge in [-0.25, -0.2) is 12.7 Å². The normalized spacial score (nSPS) is 17.6. The molecule has 0 saturated carbocycles. The monoisotopic (exact) mass is 418 g/mol. The zero-order chi connectivity index (χ0) is 20.2. The van der Waals surface area contributed by atoms with Crippen LogP contribution in [0.2, 0.25) is 0 Å². The fourth-order valence-electron chi connectivity index (χ4n) is 2.97. The molecule has 2 rings (SSSR count). The summed E-state index contributed by atoms with van der Waals surface area (Å²) in [5.41, 5.74) is 0.313. The molecule has 1 aromatic rings. The summed E-state index contributed by atoms with van der Waals surface area (Å²) in [6, 6.07) is 6.10. The standard InChI is InChI=1S/C17H30N4O4S2/c1-15(21-12-5-6-13-21)11-14-20(4)26(22,23)17-9-7-16(8-10-17)18-27(24,25)19(2)3/h7-10,15,18H,5-6,11-14H2,1-4H3. The number of benzene rings is 1. The number of anilines is 1. The molecule has 1 aliphatic heterocycles. The highest BCUT2D eigenvalue weighted by molar-refractivity contribution is 7.90. The zero-order valence-electron chi connectivity index (χ0n) is 16.4. The minimum atomic E-state index is -3.62. The Balaban J connectivity index is 2.00. The van der Waals surface area contributed by atoms with Crippen LogP contribution in [0.25, 0.3) is 0 Å². The maximum Gasteiger partial charge on any atom is 0.301 e. The number of hydrogen-bond acceptors (Lipinski definition) is 5. The summed E-state index contributed by atoms with van der Waals surface area (Å²) < 4.78 is 53.9. The first-order valence-electron chi connectivity index (χ1n) is 9.05. The molecule has 1 atom stereocenters. The third kappa shape index (κ3) is 5.64. The van der Waals surface area contributed by atoms with E-state index in [9.17, 15) is 16.8 Å². The number of nitrogens with one attached hydrogen (secondary N) is 1. The lowest BCUT2D eigenvalue weighted by Crippen LogP contribution is -2.35. The molecule has 0 spiro atoms. The van der Waals surface area contributed by atoms with E-state index in [1.165, 1.54) is 55.5 Å². The van der Waals surface area contributed by atoms with Crippen molar-refractivity contribution in [1.82, 2.24) is 13.5 Å². The molecule has 154 valence electrons. The van der Waals surface area contributed by atoms with Gasteiger partial charge in [0.25, 0.3) is 0 Å². The lowest BCUT2D eigenvalue weighted by molar-refractivity contribution is 0.237. The molecule has 1 heterocycles. The molecule has 8 nitrogen and oxygen atoms in total. The molecule has 0 radical (unpaired) electrons. The zero-order valence-corrected chi connectivity index (χ0v) is 18.1. The van der Waals surface area contributed by atoms with Crippen molar-refractivity contribution in [3.8, 4) is 0 Å². The Morgan fingerprint density at radius 1 is 1.04 bits per heavy atom. The van der Waals surface area contributed by atoms with Gasteiger partial charge >= 0.3 is 10.2 Å². The Hall–Kier alpha value is -1.20. The predicted molar refractivity (Wildman–Crippen MR) is 107 cm³/mol. The highest BCUT2D eigenvalue weighted by atomic mass is 32.2. The minimum absolute atomic E-state index is 0.145. The first-order valence-corrected chi connectivity index (χ1v) is 11.9. The van der Waals surface area contributed by atoms with Crippen molar-refractivity contribution in [3.05, 3.63) is 24.3 Å². The average molecular weight is 419 g/mol. The van der Waals surface area contributed by atoms with Crippen molar-refractivity contribution in [2.45, 2.75) is 37.1 Å². The van der Waals surface area contributed by atoms with E-state index in [1.807, 2.05) is 0 Å². The quantitative estimate of drug-likeness (QED) is 0.655. The molecule has 0 amide bonds. The fraction of sp³-hybridized carbons (Fsp3) is 0.647. The Labute approximate surface area is 163 Å². The molecular formula is C17H30N4O4S2. The first-order chi connectivity index (χ1) is 12.5. The van der Waals surface area contributed by atoms with Crippen molar-refractivity contribution in [2.75, 3.05) is 45.5 Å². The van der Waals surface area contributed by atoms with Crippen molar-refractivity contribution in [2.24, 2.45) is 0 Å². The highest BCUT2D eigenvalue weighted by Gasteiger charge is 2.24. The maximum atomic E-state index is 12.7. The molecule has 1 unspecified atom stereocenters. The summed E-state index contributed by atoms with van der Waals surface area (Å²) in [5, 5.41) is 0. The summed E-state index contributed by atoms with van der Waals surface area (Å²) in [7, 11) is -2.82. The van der Waals surface area contributed by atoms with Crippen LogP contribution in [0.3, 0.4) is 0 Å². The van der Waals surface area contributed by atoms with Gasteiger partial charge in [0, 0.05) is 39.4 Å². The second kappa shape index (κ2) is 8.87. The Morgan fingerprint density at radius 2 is 1.59 bits per heavy atom. The summed E-state index contributed by atoms with van der Waals surface area (Å²) >= 11 is 0. The highest BCUT2D eigenvalue weighted by Crippen LogP contribution is 2.20. The van der Waals surface area contributed by atoms with Crippen LogP contribution in [-0.4, -0.2) is 77.2 Å². The van der Waals surface area contributed by atoms with E-state index in [4.69, 9.17) is 0 Å². The summed E-state index contributed by atoms with van der Waals surface area (Å²) in [6.07, 6.45) is 3.20. The van der Waals surface area contributed by atoms with Crippen molar-refractivity contribution >= 4 is 25.9 Å². The van der Waals surface area contributed by atoms with E-state index >= 15 is 0 Å². The van der Waals surface area contributed by atoms with E-state index in [0.717, 1.165) is 23.8 Å². The van der Waals surface area contributed by atoms with Crippen molar-refractivity contribution in [3.63, 3.8) is 0 Å². The number of sulfonamides is 1. The first kappa shape index (κ1) is 22.1. The van der Waals surface area contributed by atoms with Gasteiger partial charge in [-0.1, -0.05) is 0 Å². The van der Waals surface area contributed by atoms with E-state index in [0.29, 0.717) is 18.3 Å². The molecule has 0 aliphatic carbocycles. The SMILES string of the molecule is CC(CCN(C)S(=O)(=O)c1ccc(NS(=O)(=O)N(C)C)cc1)N1CCCC1. The van der Waals surface area contributed by atoms with Gasteiger partial charge in [-0.05, 0) is 63.5 Å².